The second kappa shape index (κ2) is 13.6. The average Bonchev–Trinajstić information content (AvgIpc) is 2.88. The lowest BCUT2D eigenvalue weighted by Crippen LogP contribution is -2.56. The largest absolute Gasteiger partial charge is 0.425 e. The zero-order chi connectivity index (χ0) is 29.6. The molecule has 3 unspecified atom stereocenters. The van der Waals surface area contributed by atoms with Crippen molar-refractivity contribution in [2.24, 2.45) is 0 Å². The van der Waals surface area contributed by atoms with Crippen LogP contribution in [-0.4, -0.2) is 48.7 Å². The Balaban J connectivity index is 1.61. The van der Waals surface area contributed by atoms with Gasteiger partial charge in [0.1, 0.15) is 5.75 Å². The van der Waals surface area contributed by atoms with Gasteiger partial charge < -0.3 is 13.9 Å². The zero-order valence-electron chi connectivity index (χ0n) is 24.5. The number of carbonyl (C=O) groups excluding carboxylic acids is 1. The van der Waals surface area contributed by atoms with Crippen LogP contribution >= 0.6 is 0 Å². The van der Waals surface area contributed by atoms with Crippen LogP contribution in [-0.2, 0) is 20.4 Å². The zero-order valence-corrected chi connectivity index (χ0v) is 25.5. The average molecular weight is 581 g/mol. The van der Waals surface area contributed by atoms with E-state index in [-0.39, 0.29) is 23.6 Å². The van der Waals surface area contributed by atoms with Gasteiger partial charge in [0.2, 0.25) is 0 Å². The van der Waals surface area contributed by atoms with Gasteiger partial charge in [0, 0.05) is 17.5 Å². The molecule has 1 aromatic carbocycles. The Morgan fingerprint density at radius 2 is 1.70 bits per heavy atom. The molecule has 10 heteroatoms. The van der Waals surface area contributed by atoms with Gasteiger partial charge in [-0.25, -0.2) is 14.8 Å². The van der Waals surface area contributed by atoms with Crippen LogP contribution in [0.4, 0.5) is 13.2 Å². The van der Waals surface area contributed by atoms with Crippen molar-refractivity contribution >= 4 is 14.3 Å². The van der Waals surface area contributed by atoms with Crippen molar-refractivity contribution in [1.29, 1.82) is 0 Å². The summed E-state index contributed by atoms with van der Waals surface area (Å²) in [6.07, 6.45) is -0.659. The van der Waals surface area contributed by atoms with E-state index in [0.717, 1.165) is 24.1 Å². The SMILES string of the molecule is CCCCCCCc1ccnc(-c2ccc(OC(=O)C3CCC(O[Si](C)(C)C(C)(C)C)C(C(F)(F)F)O3)cc2)n1. The predicted octanol–water partition coefficient (Wildman–Crippen LogP) is 8.06. The van der Waals surface area contributed by atoms with Gasteiger partial charge in [-0.3, -0.25) is 0 Å². The quantitative estimate of drug-likeness (QED) is 0.116. The van der Waals surface area contributed by atoms with Gasteiger partial charge >= 0.3 is 12.1 Å². The lowest BCUT2D eigenvalue weighted by Gasteiger charge is -2.44. The van der Waals surface area contributed by atoms with Gasteiger partial charge in [0.15, 0.2) is 26.3 Å². The topological polar surface area (TPSA) is 70.5 Å². The number of rotatable bonds is 11. The minimum atomic E-state index is -4.67. The molecule has 1 saturated heterocycles. The first-order chi connectivity index (χ1) is 18.7. The Kier molecular flexibility index (Phi) is 10.9. The second-order valence-corrected chi connectivity index (χ2v) is 16.8. The molecule has 3 rings (SSSR count). The molecule has 3 atom stereocenters. The minimum Gasteiger partial charge on any atom is -0.425 e. The molecule has 0 aliphatic carbocycles. The Morgan fingerprint density at radius 3 is 2.33 bits per heavy atom. The first-order valence-corrected chi connectivity index (χ1v) is 17.2. The minimum absolute atomic E-state index is 0.0572. The highest BCUT2D eigenvalue weighted by Crippen LogP contribution is 2.42. The molecular formula is C30H43F3N2O4Si. The summed E-state index contributed by atoms with van der Waals surface area (Å²) < 4.78 is 58.5. The van der Waals surface area contributed by atoms with E-state index < -0.39 is 38.8 Å². The molecule has 0 saturated carbocycles. The van der Waals surface area contributed by atoms with E-state index in [2.05, 4.69) is 16.9 Å². The molecule has 222 valence electrons. The van der Waals surface area contributed by atoms with E-state index >= 15 is 0 Å². The van der Waals surface area contributed by atoms with E-state index in [1.165, 1.54) is 25.7 Å². The third-order valence-corrected chi connectivity index (χ3v) is 12.3. The summed E-state index contributed by atoms with van der Waals surface area (Å²) in [4.78, 5) is 21.8. The summed E-state index contributed by atoms with van der Waals surface area (Å²) in [5, 5.41) is -0.258. The maximum Gasteiger partial charge on any atom is 0.417 e. The molecule has 2 heterocycles. The highest BCUT2D eigenvalue weighted by molar-refractivity contribution is 6.74. The Hall–Kier alpha value is -2.30. The third-order valence-electron chi connectivity index (χ3n) is 7.78. The third kappa shape index (κ3) is 8.85. The van der Waals surface area contributed by atoms with E-state index in [0.29, 0.717) is 5.82 Å². The fraction of sp³-hybridized carbons (Fsp3) is 0.633. The number of esters is 1. The highest BCUT2D eigenvalue weighted by Gasteiger charge is 2.53. The summed E-state index contributed by atoms with van der Waals surface area (Å²) in [5.74, 6) is -0.0675. The van der Waals surface area contributed by atoms with Gasteiger partial charge in [-0.15, -0.1) is 0 Å². The van der Waals surface area contributed by atoms with Crippen LogP contribution < -0.4 is 4.74 Å². The monoisotopic (exact) mass is 580 g/mol. The van der Waals surface area contributed by atoms with E-state index in [1.807, 2.05) is 39.9 Å². The molecule has 40 heavy (non-hydrogen) atoms. The second-order valence-electron chi connectivity index (χ2n) is 12.1. The van der Waals surface area contributed by atoms with Crippen molar-refractivity contribution in [3.8, 4) is 17.1 Å². The molecule has 0 bridgehead atoms. The Bertz CT molecular complexity index is 1100. The fourth-order valence-electron chi connectivity index (χ4n) is 4.37. The van der Waals surface area contributed by atoms with Crippen LogP contribution in [0.5, 0.6) is 5.75 Å². The summed E-state index contributed by atoms with van der Waals surface area (Å²) in [7, 11) is -2.48. The maximum absolute atomic E-state index is 13.9. The molecule has 0 N–H and O–H groups in total. The molecule has 0 radical (unpaired) electrons. The van der Waals surface area contributed by atoms with Crippen molar-refractivity contribution in [3.05, 3.63) is 42.2 Å². The number of halogens is 3. The number of hydrogen-bond donors (Lipinski definition) is 0. The highest BCUT2D eigenvalue weighted by atomic mass is 28.4. The summed E-state index contributed by atoms with van der Waals surface area (Å²) in [6.45, 7) is 11.9. The molecule has 0 amide bonds. The number of ether oxygens (including phenoxy) is 2. The van der Waals surface area contributed by atoms with Crippen LogP contribution in [0.2, 0.25) is 18.1 Å². The number of nitrogens with zero attached hydrogens (tertiary/aromatic N) is 2. The number of aromatic nitrogens is 2. The van der Waals surface area contributed by atoms with Crippen LogP contribution in [0, 0.1) is 0 Å². The van der Waals surface area contributed by atoms with Crippen molar-refractivity contribution in [2.45, 2.75) is 122 Å². The summed E-state index contributed by atoms with van der Waals surface area (Å²) in [6, 6.07) is 8.54. The molecule has 2 aromatic rings. The van der Waals surface area contributed by atoms with Gasteiger partial charge in [0.05, 0.1) is 6.10 Å². The van der Waals surface area contributed by atoms with Gasteiger partial charge in [0.25, 0.3) is 0 Å². The molecule has 1 aromatic heterocycles. The number of unbranched alkanes of at least 4 members (excludes halogenated alkanes) is 4. The summed E-state index contributed by atoms with van der Waals surface area (Å²) >= 11 is 0. The fourth-order valence-corrected chi connectivity index (χ4v) is 5.73. The van der Waals surface area contributed by atoms with Crippen LogP contribution in [0.15, 0.2) is 36.5 Å². The number of alkyl halides is 3. The number of aryl methyl sites for hydroxylation is 1. The van der Waals surface area contributed by atoms with Crippen LogP contribution in [0.1, 0.15) is 78.3 Å². The number of hydrogen-bond acceptors (Lipinski definition) is 6. The van der Waals surface area contributed by atoms with Gasteiger partial charge in [-0.05, 0) is 74.1 Å². The normalized spacial score (nSPS) is 20.4. The lowest BCUT2D eigenvalue weighted by atomic mass is 10.0. The van der Waals surface area contributed by atoms with E-state index in [4.69, 9.17) is 13.9 Å². The molecule has 0 spiro atoms. The Labute approximate surface area is 237 Å². The Morgan fingerprint density at radius 1 is 1.02 bits per heavy atom. The first kappa shape index (κ1) is 32.2. The molecule has 1 aliphatic heterocycles. The van der Waals surface area contributed by atoms with Crippen LogP contribution in [0.25, 0.3) is 11.4 Å². The first-order valence-electron chi connectivity index (χ1n) is 14.3. The van der Waals surface area contributed by atoms with E-state index in [9.17, 15) is 18.0 Å². The summed E-state index contributed by atoms with van der Waals surface area (Å²) in [5.41, 5.74) is 1.73. The van der Waals surface area contributed by atoms with Gasteiger partial charge in [-0.2, -0.15) is 13.2 Å². The number of carbonyl (C=O) groups is 1. The molecular weight excluding hydrogens is 537 g/mol. The standard InChI is InChI=1S/C30H43F3N2O4Si/c1-7-8-9-10-11-12-22-19-20-34-27(35-22)21-13-15-23(16-14-21)37-28(36)25-18-17-24(26(38-25)30(31,32)33)39-40(5,6)29(2,3)4/h13-16,19-20,24-26H,7-12,17-18H2,1-6H3. The smallest absolute Gasteiger partial charge is 0.417 e. The molecule has 1 aliphatic rings. The maximum atomic E-state index is 13.9. The van der Waals surface area contributed by atoms with Crippen molar-refractivity contribution in [3.63, 3.8) is 0 Å². The van der Waals surface area contributed by atoms with Crippen molar-refractivity contribution in [1.82, 2.24) is 9.97 Å². The van der Waals surface area contributed by atoms with Gasteiger partial charge in [-0.1, -0.05) is 53.4 Å². The van der Waals surface area contributed by atoms with Crippen LogP contribution in [0.3, 0.4) is 0 Å². The van der Waals surface area contributed by atoms with Crippen molar-refractivity contribution in [2.75, 3.05) is 0 Å². The molecule has 6 nitrogen and oxygen atoms in total. The van der Waals surface area contributed by atoms with E-state index in [1.54, 1.807) is 30.5 Å². The lowest BCUT2D eigenvalue weighted by molar-refractivity contribution is -0.269. The molecule has 1 fully saturated rings. The number of benzene rings is 1. The van der Waals surface area contributed by atoms with Crippen molar-refractivity contribution < 1.29 is 31.9 Å². The predicted molar refractivity (Wildman–Crippen MR) is 152 cm³/mol.